The van der Waals surface area contributed by atoms with Crippen molar-refractivity contribution < 1.29 is 39.4 Å². The first kappa shape index (κ1) is 15.2. The first-order valence-corrected chi connectivity index (χ1v) is 6.77. The summed E-state index contributed by atoms with van der Waals surface area (Å²) in [5, 5.41) is 38.7. The Bertz CT molecular complexity index is 560. The molecule has 4 N–H and O–H groups in total. The molecule has 8 nitrogen and oxygen atoms in total. The van der Waals surface area contributed by atoms with Gasteiger partial charge in [0.15, 0.2) is 24.1 Å². The van der Waals surface area contributed by atoms with Crippen molar-refractivity contribution in [3.63, 3.8) is 0 Å². The van der Waals surface area contributed by atoms with Crippen molar-refractivity contribution in [1.29, 1.82) is 0 Å². The van der Waals surface area contributed by atoms with E-state index in [2.05, 4.69) is 0 Å². The number of hydrogen-bond acceptors (Lipinski definition) is 8. The van der Waals surface area contributed by atoms with E-state index in [-0.39, 0.29) is 18.1 Å². The number of ether oxygens (including phenoxy) is 3. The Morgan fingerprint density at radius 3 is 2.55 bits per heavy atom. The molecule has 0 aromatic heterocycles. The molecule has 2 heterocycles. The summed E-state index contributed by atoms with van der Waals surface area (Å²) in [6, 6.07) is 4.07. The summed E-state index contributed by atoms with van der Waals surface area (Å²) in [7, 11) is 0. The second kappa shape index (κ2) is 5.82. The zero-order chi connectivity index (χ0) is 15.9. The number of phenolic OH excluding ortho intramolecular Hbond substituents is 2. The summed E-state index contributed by atoms with van der Waals surface area (Å²) in [5.74, 6) is -0.601. The maximum Gasteiger partial charge on any atom is 0.184 e. The van der Waals surface area contributed by atoms with Gasteiger partial charge in [0.2, 0.25) is 0 Å². The standard InChI is InChI=1S/C14H16O8/c15-4-9-11(18)12(19)13-10(21-9)5-20-14(22-13)6-1-2-7(16)8(17)3-6/h1-4,9-14,16-19H,5H2. The molecule has 120 valence electrons. The smallest absolute Gasteiger partial charge is 0.184 e. The van der Waals surface area contributed by atoms with E-state index in [1.54, 1.807) is 0 Å². The third kappa shape index (κ3) is 2.55. The van der Waals surface area contributed by atoms with Crippen molar-refractivity contribution >= 4 is 6.29 Å². The van der Waals surface area contributed by atoms with Crippen LogP contribution in [-0.4, -0.2) is 63.8 Å². The molecule has 0 aliphatic carbocycles. The quantitative estimate of drug-likeness (QED) is 0.413. The molecule has 2 fully saturated rings. The van der Waals surface area contributed by atoms with E-state index in [0.29, 0.717) is 11.8 Å². The monoisotopic (exact) mass is 312 g/mol. The Kier molecular flexibility index (Phi) is 4.02. The van der Waals surface area contributed by atoms with Crippen molar-refractivity contribution in [1.82, 2.24) is 0 Å². The number of rotatable bonds is 2. The number of fused-ring (bicyclic) bond motifs is 1. The van der Waals surface area contributed by atoms with Gasteiger partial charge in [-0.15, -0.1) is 0 Å². The fourth-order valence-electron chi connectivity index (χ4n) is 2.61. The van der Waals surface area contributed by atoms with E-state index in [1.165, 1.54) is 18.2 Å². The third-order valence-electron chi connectivity index (χ3n) is 3.82. The fraction of sp³-hybridized carbons (Fsp3) is 0.500. The lowest BCUT2D eigenvalue weighted by Gasteiger charge is -2.45. The summed E-state index contributed by atoms with van der Waals surface area (Å²) < 4.78 is 16.4. The van der Waals surface area contributed by atoms with Gasteiger partial charge in [-0.05, 0) is 12.1 Å². The van der Waals surface area contributed by atoms with Gasteiger partial charge in [0.1, 0.15) is 30.5 Å². The molecule has 1 aromatic rings. The first-order valence-electron chi connectivity index (χ1n) is 6.77. The molecule has 2 aliphatic heterocycles. The van der Waals surface area contributed by atoms with Crippen molar-refractivity contribution in [2.75, 3.05) is 6.61 Å². The van der Waals surface area contributed by atoms with Crippen molar-refractivity contribution in [2.45, 2.75) is 36.8 Å². The summed E-state index contributed by atoms with van der Waals surface area (Å²) in [6.07, 6.45) is -5.84. The molecule has 22 heavy (non-hydrogen) atoms. The molecule has 0 spiro atoms. The van der Waals surface area contributed by atoms with Crippen LogP contribution in [0.15, 0.2) is 18.2 Å². The number of aliphatic hydroxyl groups is 2. The molecule has 0 saturated carbocycles. The van der Waals surface area contributed by atoms with Gasteiger partial charge in [0, 0.05) is 5.56 Å². The second-order valence-electron chi connectivity index (χ2n) is 5.27. The highest BCUT2D eigenvalue weighted by atomic mass is 16.7. The average molecular weight is 312 g/mol. The third-order valence-corrected chi connectivity index (χ3v) is 3.82. The highest BCUT2D eigenvalue weighted by Crippen LogP contribution is 2.36. The van der Waals surface area contributed by atoms with E-state index in [9.17, 15) is 25.2 Å². The van der Waals surface area contributed by atoms with Gasteiger partial charge in [0.25, 0.3) is 0 Å². The minimum atomic E-state index is -1.38. The van der Waals surface area contributed by atoms with Crippen molar-refractivity contribution in [2.24, 2.45) is 0 Å². The lowest BCUT2D eigenvalue weighted by atomic mass is 9.94. The van der Waals surface area contributed by atoms with E-state index in [0.717, 1.165) is 0 Å². The lowest BCUT2D eigenvalue weighted by Crippen LogP contribution is -2.62. The zero-order valence-corrected chi connectivity index (χ0v) is 11.4. The Morgan fingerprint density at radius 1 is 1.09 bits per heavy atom. The maximum absolute atomic E-state index is 10.8. The Labute approximate surface area is 125 Å². The molecule has 1 aromatic carbocycles. The normalized spacial score (nSPS) is 38.3. The van der Waals surface area contributed by atoms with Gasteiger partial charge >= 0.3 is 0 Å². The Hall–Kier alpha value is -1.71. The number of carbonyl (C=O) groups is 1. The van der Waals surface area contributed by atoms with Crippen LogP contribution in [0.25, 0.3) is 0 Å². The highest BCUT2D eigenvalue weighted by Gasteiger charge is 2.48. The molecule has 2 saturated heterocycles. The minimum absolute atomic E-state index is 0.0467. The van der Waals surface area contributed by atoms with Crippen LogP contribution in [0.3, 0.4) is 0 Å². The largest absolute Gasteiger partial charge is 0.504 e. The van der Waals surface area contributed by atoms with Crippen molar-refractivity contribution in [3.8, 4) is 11.5 Å². The van der Waals surface area contributed by atoms with Crippen LogP contribution in [0.1, 0.15) is 11.9 Å². The number of aliphatic hydroxyl groups excluding tert-OH is 2. The predicted octanol–water partition coefficient (Wildman–Crippen LogP) is -0.800. The zero-order valence-electron chi connectivity index (χ0n) is 11.4. The Balaban J connectivity index is 1.78. The average Bonchev–Trinajstić information content (AvgIpc) is 2.53. The van der Waals surface area contributed by atoms with Crippen LogP contribution in [0, 0.1) is 0 Å². The minimum Gasteiger partial charge on any atom is -0.504 e. The number of aromatic hydroxyl groups is 2. The second-order valence-corrected chi connectivity index (χ2v) is 5.27. The SMILES string of the molecule is O=CC1OC2COC(c3ccc(O)c(O)c3)OC2C(O)C1O. The Morgan fingerprint density at radius 2 is 1.86 bits per heavy atom. The number of aldehydes is 1. The maximum atomic E-state index is 10.8. The number of phenols is 2. The molecule has 0 amide bonds. The van der Waals surface area contributed by atoms with Crippen LogP contribution in [0.2, 0.25) is 0 Å². The predicted molar refractivity (Wildman–Crippen MR) is 70.1 cm³/mol. The summed E-state index contributed by atoms with van der Waals surface area (Å²) in [4.78, 5) is 10.8. The molecule has 6 unspecified atom stereocenters. The van der Waals surface area contributed by atoms with E-state index in [4.69, 9.17) is 14.2 Å². The fourth-order valence-corrected chi connectivity index (χ4v) is 2.61. The van der Waals surface area contributed by atoms with Gasteiger partial charge in [-0.3, -0.25) is 0 Å². The van der Waals surface area contributed by atoms with Crippen LogP contribution in [-0.2, 0) is 19.0 Å². The van der Waals surface area contributed by atoms with Crippen LogP contribution >= 0.6 is 0 Å². The summed E-state index contributed by atoms with van der Waals surface area (Å²) in [5.41, 5.74) is 0.438. The van der Waals surface area contributed by atoms with Gasteiger partial charge < -0.3 is 39.4 Å². The van der Waals surface area contributed by atoms with Gasteiger partial charge in [-0.25, -0.2) is 0 Å². The van der Waals surface area contributed by atoms with E-state index < -0.39 is 36.8 Å². The molecular weight excluding hydrogens is 296 g/mol. The van der Waals surface area contributed by atoms with Crippen LogP contribution in [0.4, 0.5) is 0 Å². The molecule has 2 aliphatic rings. The van der Waals surface area contributed by atoms with Gasteiger partial charge in [0.05, 0.1) is 6.61 Å². The molecule has 0 bridgehead atoms. The summed E-state index contributed by atoms with van der Waals surface area (Å²) >= 11 is 0. The van der Waals surface area contributed by atoms with E-state index in [1.807, 2.05) is 0 Å². The molecule has 6 atom stereocenters. The first-order chi connectivity index (χ1) is 10.5. The summed E-state index contributed by atoms with van der Waals surface area (Å²) in [6.45, 7) is 0.0467. The van der Waals surface area contributed by atoms with Gasteiger partial charge in [-0.2, -0.15) is 0 Å². The number of benzene rings is 1. The number of hydrogen-bond donors (Lipinski definition) is 4. The van der Waals surface area contributed by atoms with E-state index >= 15 is 0 Å². The number of carbonyl (C=O) groups excluding carboxylic acids is 1. The topological polar surface area (TPSA) is 126 Å². The van der Waals surface area contributed by atoms with Crippen molar-refractivity contribution in [3.05, 3.63) is 23.8 Å². The van der Waals surface area contributed by atoms with Crippen LogP contribution < -0.4 is 0 Å². The highest BCUT2D eigenvalue weighted by molar-refractivity contribution is 5.57. The molecule has 8 heteroatoms. The lowest BCUT2D eigenvalue weighted by molar-refractivity contribution is -0.322. The van der Waals surface area contributed by atoms with Gasteiger partial charge in [-0.1, -0.05) is 6.07 Å². The molecule has 3 rings (SSSR count). The van der Waals surface area contributed by atoms with Crippen LogP contribution in [0.5, 0.6) is 11.5 Å². The molecular formula is C14H16O8. The molecule has 0 radical (unpaired) electrons.